The Hall–Kier alpha value is -5.24. The number of ketones is 1. The summed E-state index contributed by atoms with van der Waals surface area (Å²) in [7, 11) is 1.49. The minimum atomic E-state index is -0.786. The number of nitrogens with zero attached hydrogens (tertiary/aromatic N) is 1. The van der Waals surface area contributed by atoms with Gasteiger partial charge in [0.2, 0.25) is 0 Å². The van der Waals surface area contributed by atoms with Gasteiger partial charge in [0.1, 0.15) is 17.2 Å². The molecule has 0 unspecified atom stereocenters. The largest absolute Gasteiger partial charge is 0.497 e. The predicted octanol–water partition coefficient (Wildman–Crippen LogP) is 5.94. The van der Waals surface area contributed by atoms with Crippen molar-refractivity contribution in [3.63, 3.8) is 0 Å². The van der Waals surface area contributed by atoms with E-state index in [1.807, 2.05) is 32.0 Å². The molecule has 200 valence electrons. The van der Waals surface area contributed by atoms with E-state index in [1.54, 1.807) is 48.5 Å². The topological polar surface area (TPSA) is 99.2 Å². The van der Waals surface area contributed by atoms with Crippen LogP contribution in [-0.4, -0.2) is 37.3 Å². The minimum absolute atomic E-state index is 0.0533. The van der Waals surface area contributed by atoms with E-state index < -0.39 is 30.2 Å². The SMILES string of the molecule is COc1cccc(C(=O)COC(=O)c2ccc3c(c2)C(=O)N(c2ccc(Oc4c(C)cccc4C)cc2)C3=O)c1. The maximum absolute atomic E-state index is 13.2. The van der Waals surface area contributed by atoms with Gasteiger partial charge in [-0.2, -0.15) is 0 Å². The van der Waals surface area contributed by atoms with Gasteiger partial charge in [-0.15, -0.1) is 0 Å². The fourth-order valence-corrected chi connectivity index (χ4v) is 4.44. The number of carbonyl (C=O) groups is 4. The van der Waals surface area contributed by atoms with Crippen LogP contribution in [0.4, 0.5) is 5.69 Å². The molecule has 4 aromatic rings. The number of ether oxygens (including phenoxy) is 3. The van der Waals surface area contributed by atoms with E-state index in [9.17, 15) is 19.2 Å². The molecule has 0 aliphatic carbocycles. The quantitative estimate of drug-likeness (QED) is 0.156. The van der Waals surface area contributed by atoms with Crippen LogP contribution in [-0.2, 0) is 4.74 Å². The number of hydrogen-bond acceptors (Lipinski definition) is 7. The molecule has 8 nitrogen and oxygen atoms in total. The molecule has 0 N–H and O–H groups in total. The van der Waals surface area contributed by atoms with Gasteiger partial charge in [0.25, 0.3) is 11.8 Å². The summed E-state index contributed by atoms with van der Waals surface area (Å²) in [4.78, 5) is 52.4. The average Bonchev–Trinajstić information content (AvgIpc) is 3.22. The van der Waals surface area contributed by atoms with E-state index in [4.69, 9.17) is 14.2 Å². The highest BCUT2D eigenvalue weighted by atomic mass is 16.5. The van der Waals surface area contributed by atoms with E-state index in [0.717, 1.165) is 21.8 Å². The van der Waals surface area contributed by atoms with E-state index in [2.05, 4.69) is 0 Å². The van der Waals surface area contributed by atoms with Gasteiger partial charge in [-0.1, -0.05) is 30.3 Å². The minimum Gasteiger partial charge on any atom is -0.497 e. The third kappa shape index (κ3) is 5.07. The summed E-state index contributed by atoms with van der Waals surface area (Å²) in [5, 5.41) is 0. The second kappa shape index (κ2) is 10.9. The molecule has 40 heavy (non-hydrogen) atoms. The lowest BCUT2D eigenvalue weighted by atomic mass is 10.1. The predicted molar refractivity (Wildman–Crippen MR) is 148 cm³/mol. The number of amides is 2. The van der Waals surface area contributed by atoms with Crippen LogP contribution in [0.1, 0.15) is 52.6 Å². The van der Waals surface area contributed by atoms with Gasteiger partial charge in [0.05, 0.1) is 29.5 Å². The monoisotopic (exact) mass is 535 g/mol. The molecular weight excluding hydrogens is 510 g/mol. The molecule has 0 saturated carbocycles. The highest BCUT2D eigenvalue weighted by molar-refractivity contribution is 6.34. The number of imide groups is 1. The summed E-state index contributed by atoms with van der Waals surface area (Å²) in [5.74, 6) is -0.442. The molecule has 0 bridgehead atoms. The molecule has 1 heterocycles. The summed E-state index contributed by atoms with van der Waals surface area (Å²) in [6.45, 7) is 3.43. The number of benzene rings is 4. The third-order valence-corrected chi connectivity index (χ3v) is 6.57. The highest BCUT2D eigenvalue weighted by Gasteiger charge is 2.37. The molecule has 1 aliphatic heterocycles. The number of hydrogen-bond donors (Lipinski definition) is 0. The number of Topliss-reactive ketones (excluding diaryl/α,β-unsaturated/α-hetero) is 1. The normalized spacial score (nSPS) is 12.2. The van der Waals surface area contributed by atoms with Crippen LogP contribution in [0, 0.1) is 13.8 Å². The van der Waals surface area contributed by atoms with E-state index >= 15 is 0 Å². The zero-order chi connectivity index (χ0) is 28.4. The molecule has 0 saturated heterocycles. The van der Waals surface area contributed by atoms with Crippen molar-refractivity contribution < 1.29 is 33.4 Å². The lowest BCUT2D eigenvalue weighted by Gasteiger charge is -2.15. The lowest BCUT2D eigenvalue weighted by Crippen LogP contribution is -2.29. The van der Waals surface area contributed by atoms with Gasteiger partial charge < -0.3 is 14.2 Å². The Balaban J connectivity index is 1.28. The van der Waals surface area contributed by atoms with Crippen LogP contribution in [0.2, 0.25) is 0 Å². The molecule has 5 rings (SSSR count). The number of fused-ring (bicyclic) bond motifs is 1. The van der Waals surface area contributed by atoms with Gasteiger partial charge >= 0.3 is 5.97 Å². The van der Waals surface area contributed by atoms with Crippen LogP contribution >= 0.6 is 0 Å². The first-order valence-corrected chi connectivity index (χ1v) is 12.5. The smallest absolute Gasteiger partial charge is 0.338 e. The van der Waals surface area contributed by atoms with Crippen molar-refractivity contribution in [3.8, 4) is 17.2 Å². The fourth-order valence-electron chi connectivity index (χ4n) is 4.44. The zero-order valence-corrected chi connectivity index (χ0v) is 22.1. The molecule has 0 atom stereocenters. The number of carbonyl (C=O) groups excluding carboxylic acids is 4. The molecule has 2 amide bonds. The fraction of sp³-hybridized carbons (Fsp3) is 0.125. The molecule has 8 heteroatoms. The van der Waals surface area contributed by atoms with Crippen molar-refractivity contribution >= 4 is 29.3 Å². The van der Waals surface area contributed by atoms with Gasteiger partial charge in [0, 0.05) is 5.56 Å². The molecule has 4 aromatic carbocycles. The molecule has 1 aliphatic rings. The number of aryl methyl sites for hydroxylation is 2. The van der Waals surface area contributed by atoms with Crippen LogP contribution in [0.25, 0.3) is 0 Å². The summed E-state index contributed by atoms with van der Waals surface area (Å²) >= 11 is 0. The van der Waals surface area contributed by atoms with Crippen molar-refractivity contribution in [1.82, 2.24) is 0 Å². The summed E-state index contributed by atoms with van der Waals surface area (Å²) in [6, 6.07) is 23.1. The summed E-state index contributed by atoms with van der Waals surface area (Å²) in [6.07, 6.45) is 0. The average molecular weight is 536 g/mol. The van der Waals surface area contributed by atoms with Crippen LogP contribution in [0.3, 0.4) is 0 Å². The Morgan fingerprint density at radius 1 is 0.725 bits per heavy atom. The van der Waals surface area contributed by atoms with Crippen molar-refractivity contribution in [3.05, 3.63) is 118 Å². The molecule has 0 radical (unpaired) electrons. The standard InChI is InChI=1S/C32H25NO7/c1-19-6-4-7-20(2)29(19)40-24-13-11-23(12-14-24)33-30(35)26-15-10-22(17-27(26)31(33)36)32(37)39-18-28(34)21-8-5-9-25(16-21)38-3/h4-17H,18H2,1-3H3. The van der Waals surface area contributed by atoms with Crippen molar-refractivity contribution in [1.29, 1.82) is 0 Å². The molecule has 0 fully saturated rings. The van der Waals surface area contributed by atoms with E-state index in [1.165, 1.54) is 25.3 Å². The Labute approximate surface area is 230 Å². The second-order valence-electron chi connectivity index (χ2n) is 9.25. The second-order valence-corrected chi connectivity index (χ2v) is 9.25. The maximum atomic E-state index is 13.2. The first-order chi connectivity index (χ1) is 19.3. The molecule has 0 aromatic heterocycles. The number of rotatable bonds is 8. The first kappa shape index (κ1) is 26.4. The van der Waals surface area contributed by atoms with E-state index in [0.29, 0.717) is 22.7 Å². The highest BCUT2D eigenvalue weighted by Crippen LogP contribution is 2.33. The van der Waals surface area contributed by atoms with Gasteiger partial charge in [-0.25, -0.2) is 9.69 Å². The van der Waals surface area contributed by atoms with Crippen LogP contribution in [0.15, 0.2) is 84.9 Å². The number of methoxy groups -OCH3 is 1. The lowest BCUT2D eigenvalue weighted by molar-refractivity contribution is 0.0474. The Morgan fingerprint density at radius 2 is 1.40 bits per heavy atom. The van der Waals surface area contributed by atoms with Crippen molar-refractivity contribution in [2.45, 2.75) is 13.8 Å². The van der Waals surface area contributed by atoms with Crippen molar-refractivity contribution in [2.75, 3.05) is 18.6 Å². The maximum Gasteiger partial charge on any atom is 0.338 e. The van der Waals surface area contributed by atoms with E-state index in [-0.39, 0.29) is 16.7 Å². The number of para-hydroxylation sites is 1. The van der Waals surface area contributed by atoms with Crippen LogP contribution < -0.4 is 14.4 Å². The zero-order valence-electron chi connectivity index (χ0n) is 22.1. The number of anilines is 1. The Bertz CT molecular complexity index is 1640. The summed E-state index contributed by atoms with van der Waals surface area (Å²) < 4.78 is 16.3. The van der Waals surface area contributed by atoms with Gasteiger partial charge in [-0.3, -0.25) is 14.4 Å². The molecule has 0 spiro atoms. The number of esters is 1. The molecular formula is C32H25NO7. The van der Waals surface area contributed by atoms with Gasteiger partial charge in [0.15, 0.2) is 12.4 Å². The Kier molecular flexibility index (Phi) is 7.16. The van der Waals surface area contributed by atoms with Crippen molar-refractivity contribution in [2.24, 2.45) is 0 Å². The summed E-state index contributed by atoms with van der Waals surface area (Å²) in [5.41, 5.74) is 2.99. The third-order valence-electron chi connectivity index (χ3n) is 6.57. The first-order valence-electron chi connectivity index (χ1n) is 12.5. The van der Waals surface area contributed by atoms with Crippen LogP contribution in [0.5, 0.6) is 17.2 Å². The Morgan fingerprint density at radius 3 is 2.10 bits per heavy atom. The van der Waals surface area contributed by atoms with Gasteiger partial charge in [-0.05, 0) is 79.6 Å².